The largest absolute Gasteiger partial charge is 0.378 e. The predicted octanol–water partition coefficient (Wildman–Crippen LogP) is -1.92. The van der Waals surface area contributed by atoms with E-state index < -0.39 is 35.7 Å². The van der Waals surface area contributed by atoms with E-state index in [1.807, 2.05) is 0 Å². The van der Waals surface area contributed by atoms with Crippen LogP contribution in [0.4, 0.5) is 0 Å². The lowest BCUT2D eigenvalue weighted by molar-refractivity contribution is -0.132. The number of rotatable bonds is 31. The second-order valence-electron chi connectivity index (χ2n) is 11.6. The van der Waals surface area contributed by atoms with Gasteiger partial charge in [-0.1, -0.05) is 26.7 Å². The van der Waals surface area contributed by atoms with Crippen molar-refractivity contribution in [3.8, 4) is 0 Å². The molecule has 2 atom stereocenters. The van der Waals surface area contributed by atoms with Crippen LogP contribution in [0.2, 0.25) is 0 Å². The molecule has 0 aromatic carbocycles. The van der Waals surface area contributed by atoms with Crippen molar-refractivity contribution in [3.63, 3.8) is 0 Å². The number of unbranched alkanes of at least 4 members (excludes halogenated alkanes) is 4. The summed E-state index contributed by atoms with van der Waals surface area (Å²) in [5, 5.41) is 12.8. The number of ether oxygens (including phenoxy) is 3. The lowest BCUT2D eigenvalue weighted by Gasteiger charge is -2.20. The van der Waals surface area contributed by atoms with Crippen molar-refractivity contribution in [2.45, 2.75) is 97.1 Å². The summed E-state index contributed by atoms with van der Waals surface area (Å²) in [5.74, 6) is -2.43. The van der Waals surface area contributed by atoms with Crippen molar-refractivity contribution in [2.75, 3.05) is 92.0 Å². The van der Waals surface area contributed by atoms with Crippen LogP contribution in [0.25, 0.3) is 0 Å². The zero-order valence-electron chi connectivity index (χ0n) is 32.3. The molecule has 1 unspecified atom stereocenters. The highest BCUT2D eigenvalue weighted by Crippen LogP contribution is 2.02. The zero-order valence-corrected chi connectivity index (χ0v) is 32.3. The molecule has 18 heteroatoms. The van der Waals surface area contributed by atoms with Gasteiger partial charge in [-0.05, 0) is 77.5 Å². The number of carbonyl (C=O) groups is 5. The summed E-state index contributed by atoms with van der Waals surface area (Å²) in [4.78, 5) is 61.3. The molecule has 308 valence electrons. The molecule has 5 amide bonds. The van der Waals surface area contributed by atoms with Gasteiger partial charge in [0.2, 0.25) is 29.5 Å². The van der Waals surface area contributed by atoms with Gasteiger partial charge in [-0.3, -0.25) is 24.0 Å². The first-order valence-electron chi connectivity index (χ1n) is 18.7. The van der Waals surface area contributed by atoms with Crippen LogP contribution in [0.5, 0.6) is 0 Å². The molecular formula is C34H74N10O8. The van der Waals surface area contributed by atoms with E-state index in [9.17, 15) is 24.0 Å². The number of nitrogens with two attached hydrogens (primary N) is 5. The molecule has 0 aliphatic heterocycles. The molecule has 52 heavy (non-hydrogen) atoms. The van der Waals surface area contributed by atoms with Crippen LogP contribution in [0.3, 0.4) is 0 Å². The van der Waals surface area contributed by atoms with E-state index in [-0.39, 0.29) is 32.1 Å². The van der Waals surface area contributed by atoms with E-state index in [1.165, 1.54) is 32.6 Å². The molecule has 0 saturated heterocycles. The van der Waals surface area contributed by atoms with Crippen LogP contribution < -0.4 is 55.3 Å². The average Bonchev–Trinajstić information content (AvgIpc) is 3.12. The van der Waals surface area contributed by atoms with Crippen LogP contribution in [0.15, 0.2) is 0 Å². The molecule has 0 fully saturated rings. The van der Waals surface area contributed by atoms with Gasteiger partial charge in [0.05, 0.1) is 52.7 Å². The van der Waals surface area contributed by atoms with Crippen molar-refractivity contribution in [1.82, 2.24) is 26.6 Å². The van der Waals surface area contributed by atoms with Gasteiger partial charge < -0.3 is 69.5 Å². The highest BCUT2D eigenvalue weighted by atomic mass is 16.5. The van der Waals surface area contributed by atoms with E-state index in [4.69, 9.17) is 42.9 Å². The Labute approximate surface area is 311 Å². The number of carbonyl (C=O) groups excluding carboxylic acids is 5. The van der Waals surface area contributed by atoms with Crippen LogP contribution >= 0.6 is 0 Å². The second-order valence-corrected chi connectivity index (χ2v) is 11.6. The number of hydrogen-bond acceptors (Lipinski definition) is 13. The summed E-state index contributed by atoms with van der Waals surface area (Å²) in [7, 11) is 0. The lowest BCUT2D eigenvalue weighted by Crippen LogP contribution is -2.52. The third-order valence-electron chi connectivity index (χ3n) is 6.78. The highest BCUT2D eigenvalue weighted by Gasteiger charge is 2.23. The van der Waals surface area contributed by atoms with Gasteiger partial charge in [0.1, 0.15) is 12.1 Å². The van der Waals surface area contributed by atoms with Gasteiger partial charge in [0.15, 0.2) is 0 Å². The molecule has 0 spiro atoms. The minimum Gasteiger partial charge on any atom is -0.378 e. The summed E-state index contributed by atoms with van der Waals surface area (Å²) in [6.45, 7) is 10.6. The summed E-state index contributed by atoms with van der Waals surface area (Å²) in [5.41, 5.74) is 26.6. The minimum atomic E-state index is -0.923. The first kappa shape index (κ1) is 53.4. The van der Waals surface area contributed by atoms with E-state index in [1.54, 1.807) is 0 Å². The quantitative estimate of drug-likeness (QED) is 0.0346. The van der Waals surface area contributed by atoms with E-state index in [0.29, 0.717) is 91.2 Å². The smallest absolute Gasteiger partial charge is 0.243 e. The number of amides is 5. The SMILES string of the molecule is CC(=O)NC(CCCCN)C(=O)NCC(=O)N[C@@H](CCCCN)C(=O)NCC(=O)NCCOCCOCCOCCN.CCCCN.CCCCN. The molecule has 0 rings (SSSR count). The fourth-order valence-corrected chi connectivity index (χ4v) is 3.95. The first-order valence-corrected chi connectivity index (χ1v) is 18.7. The number of hydrogen-bond donors (Lipinski definition) is 10. The lowest BCUT2D eigenvalue weighted by atomic mass is 10.1. The van der Waals surface area contributed by atoms with Gasteiger partial charge >= 0.3 is 0 Å². The second kappa shape index (κ2) is 42.4. The Hall–Kier alpha value is -2.97. The molecule has 18 nitrogen and oxygen atoms in total. The molecule has 15 N–H and O–H groups in total. The van der Waals surface area contributed by atoms with Gasteiger partial charge in [-0.25, -0.2) is 0 Å². The first-order chi connectivity index (χ1) is 25.1. The van der Waals surface area contributed by atoms with E-state index in [0.717, 1.165) is 13.1 Å². The van der Waals surface area contributed by atoms with Crippen LogP contribution in [0.1, 0.15) is 85.0 Å². The molecule has 0 heterocycles. The summed E-state index contributed by atoms with van der Waals surface area (Å²) < 4.78 is 15.9. The van der Waals surface area contributed by atoms with E-state index >= 15 is 0 Å². The Morgan fingerprint density at radius 1 is 0.500 bits per heavy atom. The maximum absolute atomic E-state index is 12.7. The fourth-order valence-electron chi connectivity index (χ4n) is 3.95. The van der Waals surface area contributed by atoms with Gasteiger partial charge in [-0.2, -0.15) is 0 Å². The van der Waals surface area contributed by atoms with Gasteiger partial charge in [-0.15, -0.1) is 0 Å². The van der Waals surface area contributed by atoms with Crippen LogP contribution in [0, 0.1) is 0 Å². The predicted molar refractivity (Wildman–Crippen MR) is 204 cm³/mol. The number of nitrogens with one attached hydrogen (secondary N) is 5. The van der Waals surface area contributed by atoms with Crippen molar-refractivity contribution < 1.29 is 38.2 Å². The summed E-state index contributed by atoms with van der Waals surface area (Å²) >= 11 is 0. The summed E-state index contributed by atoms with van der Waals surface area (Å²) in [6, 6.07) is -1.72. The third kappa shape index (κ3) is 39.8. The maximum Gasteiger partial charge on any atom is 0.243 e. The Morgan fingerprint density at radius 3 is 1.33 bits per heavy atom. The molecule has 0 aliphatic carbocycles. The van der Waals surface area contributed by atoms with Crippen molar-refractivity contribution in [2.24, 2.45) is 28.7 Å². The Morgan fingerprint density at radius 2 is 0.923 bits per heavy atom. The van der Waals surface area contributed by atoms with Crippen molar-refractivity contribution >= 4 is 29.5 Å². The van der Waals surface area contributed by atoms with E-state index in [2.05, 4.69) is 40.4 Å². The Bertz CT molecular complexity index is 864. The molecule has 0 saturated carbocycles. The molecule has 0 aliphatic rings. The highest BCUT2D eigenvalue weighted by molar-refractivity contribution is 5.93. The zero-order chi connectivity index (χ0) is 39.7. The van der Waals surface area contributed by atoms with Crippen LogP contribution in [-0.2, 0) is 38.2 Å². The van der Waals surface area contributed by atoms with Crippen molar-refractivity contribution in [1.29, 1.82) is 0 Å². The molecule has 0 aromatic rings. The van der Waals surface area contributed by atoms with Crippen LogP contribution in [-0.4, -0.2) is 134 Å². The monoisotopic (exact) mass is 751 g/mol. The Balaban J connectivity index is -0.00000209. The Kier molecular flexibility index (Phi) is 43.6. The molecule has 0 radical (unpaired) electrons. The minimum absolute atomic E-state index is 0.246. The maximum atomic E-state index is 12.7. The average molecular weight is 751 g/mol. The molecule has 0 aromatic heterocycles. The standard InChI is InChI=1S/C26H52N8O8.2C4H11N/c1-20(35)33-21(6-2-4-8-27)25(38)32-19-24(37)34-22(7-3-5-9-28)26(39)31-18-23(36)30-11-13-41-15-17-42-16-14-40-12-10-29;2*1-2-3-4-5/h21-22H,2-19,27-29H2,1H3,(H,30,36)(H,31,39)(H,32,38)(H,33,35)(H,34,37);2*2-5H2,1H3/t21?,22-;;/m0../s1. The third-order valence-corrected chi connectivity index (χ3v) is 6.78. The van der Waals surface area contributed by atoms with Gasteiger partial charge in [0, 0.05) is 20.0 Å². The molecular weight excluding hydrogens is 676 g/mol. The topological polar surface area (TPSA) is 303 Å². The normalized spacial score (nSPS) is 11.5. The van der Waals surface area contributed by atoms with Gasteiger partial charge in [0.25, 0.3) is 0 Å². The van der Waals surface area contributed by atoms with Crippen molar-refractivity contribution in [3.05, 3.63) is 0 Å². The summed E-state index contributed by atoms with van der Waals surface area (Å²) in [6.07, 6.45) is 7.99. The fraction of sp³-hybridized carbons (Fsp3) is 0.853. The molecule has 0 bridgehead atoms.